The van der Waals surface area contributed by atoms with Crippen LogP contribution in [0.5, 0.6) is 0 Å². The molecule has 8 nitrogen and oxygen atoms in total. The van der Waals surface area contributed by atoms with Gasteiger partial charge in [-0.1, -0.05) is 19.8 Å². The first-order valence-electron chi connectivity index (χ1n) is 9.84. The lowest BCUT2D eigenvalue weighted by Crippen LogP contribution is -2.46. The number of likely N-dealkylation sites (tertiary alicyclic amines) is 1. The van der Waals surface area contributed by atoms with Crippen LogP contribution in [0.3, 0.4) is 0 Å². The van der Waals surface area contributed by atoms with E-state index >= 15 is 0 Å². The minimum Gasteiger partial charge on any atom is -0.355 e. The van der Waals surface area contributed by atoms with Gasteiger partial charge in [-0.15, -0.1) is 34.2 Å². The molecule has 27 heavy (non-hydrogen) atoms. The highest BCUT2D eigenvalue weighted by Crippen LogP contribution is 2.27. The lowest BCUT2D eigenvalue weighted by Gasteiger charge is -2.21. The summed E-state index contributed by atoms with van der Waals surface area (Å²) in [6, 6.07) is 0.271. The number of hydrogen-bond acceptors (Lipinski definition) is 4. The molecule has 1 aromatic rings. The number of hydrogen-bond donors (Lipinski definition) is 2. The fraction of sp³-hybridized carbons (Fsp3) is 0.778. The summed E-state index contributed by atoms with van der Waals surface area (Å²) in [6.07, 6.45) is 8.16. The predicted octanol–water partition coefficient (Wildman–Crippen LogP) is 1.41. The smallest absolute Gasteiger partial charge is 0.225 e. The number of aliphatic imine (C=N–C) groups is 1. The number of carbonyl (C=O) groups is 1. The maximum Gasteiger partial charge on any atom is 0.225 e. The van der Waals surface area contributed by atoms with E-state index in [9.17, 15) is 4.79 Å². The van der Waals surface area contributed by atoms with Gasteiger partial charge in [0.1, 0.15) is 12.2 Å². The van der Waals surface area contributed by atoms with Crippen molar-refractivity contribution in [2.75, 3.05) is 26.7 Å². The normalized spacial score (nSPS) is 20.6. The van der Waals surface area contributed by atoms with Crippen molar-refractivity contribution in [2.24, 2.45) is 10.9 Å². The van der Waals surface area contributed by atoms with Crippen LogP contribution >= 0.6 is 24.0 Å². The van der Waals surface area contributed by atoms with Crippen molar-refractivity contribution in [3.63, 3.8) is 0 Å². The van der Waals surface area contributed by atoms with Gasteiger partial charge in [0.25, 0.3) is 0 Å². The average Bonchev–Trinajstić information content (AvgIpc) is 3.41. The van der Waals surface area contributed by atoms with E-state index < -0.39 is 0 Å². The van der Waals surface area contributed by atoms with Gasteiger partial charge in [-0.05, 0) is 19.3 Å². The molecule has 0 bridgehead atoms. The molecule has 1 saturated carbocycles. The Hall–Kier alpha value is -1.39. The van der Waals surface area contributed by atoms with Crippen molar-refractivity contribution in [3.05, 3.63) is 12.2 Å². The van der Waals surface area contributed by atoms with Gasteiger partial charge in [-0.25, -0.2) is 0 Å². The molecule has 1 saturated heterocycles. The highest BCUT2D eigenvalue weighted by molar-refractivity contribution is 14.0. The summed E-state index contributed by atoms with van der Waals surface area (Å²) in [7, 11) is 1.78. The van der Waals surface area contributed by atoms with E-state index in [-0.39, 0.29) is 35.9 Å². The molecule has 152 valence electrons. The molecule has 1 amide bonds. The Balaban J connectivity index is 0.00000261. The number of halogens is 1. The van der Waals surface area contributed by atoms with E-state index in [0.717, 1.165) is 63.6 Å². The van der Waals surface area contributed by atoms with Crippen LogP contribution in [0, 0.1) is 5.92 Å². The molecule has 1 aromatic heterocycles. The van der Waals surface area contributed by atoms with Crippen LogP contribution in [0.1, 0.15) is 44.9 Å². The third-order valence-corrected chi connectivity index (χ3v) is 5.43. The topological polar surface area (TPSA) is 87.4 Å². The largest absolute Gasteiger partial charge is 0.355 e. The number of rotatable bonds is 6. The van der Waals surface area contributed by atoms with Gasteiger partial charge < -0.3 is 20.1 Å². The molecule has 1 unspecified atom stereocenters. The van der Waals surface area contributed by atoms with Gasteiger partial charge in [0.05, 0.1) is 0 Å². The molecule has 2 fully saturated rings. The Morgan fingerprint density at radius 2 is 2.11 bits per heavy atom. The number of aryl methyl sites for hydroxylation is 1. The fourth-order valence-corrected chi connectivity index (χ4v) is 3.93. The third-order valence-electron chi connectivity index (χ3n) is 5.43. The summed E-state index contributed by atoms with van der Waals surface area (Å²) in [5.41, 5.74) is 0. The molecule has 2 N–H and O–H groups in total. The zero-order chi connectivity index (χ0) is 18.4. The lowest BCUT2D eigenvalue weighted by molar-refractivity contribution is -0.134. The third kappa shape index (κ3) is 5.79. The molecule has 3 rings (SSSR count). The van der Waals surface area contributed by atoms with Gasteiger partial charge >= 0.3 is 0 Å². The number of aromatic nitrogens is 3. The Labute approximate surface area is 178 Å². The van der Waals surface area contributed by atoms with Gasteiger partial charge in [0.15, 0.2) is 5.96 Å². The zero-order valence-electron chi connectivity index (χ0n) is 16.4. The van der Waals surface area contributed by atoms with Gasteiger partial charge in [0, 0.05) is 51.6 Å². The van der Waals surface area contributed by atoms with Crippen LogP contribution in [0.25, 0.3) is 0 Å². The van der Waals surface area contributed by atoms with Crippen LogP contribution in [0.15, 0.2) is 11.3 Å². The van der Waals surface area contributed by atoms with Crippen molar-refractivity contribution in [3.8, 4) is 0 Å². The molecule has 2 aliphatic rings. The van der Waals surface area contributed by atoms with E-state index in [1.165, 1.54) is 12.8 Å². The number of nitrogens with one attached hydrogen (secondary N) is 2. The van der Waals surface area contributed by atoms with Crippen molar-refractivity contribution in [1.29, 1.82) is 0 Å². The minimum absolute atomic E-state index is 0. The number of amides is 1. The molecule has 1 aliphatic heterocycles. The summed E-state index contributed by atoms with van der Waals surface area (Å²) in [4.78, 5) is 18.9. The SMILES string of the molecule is CCc1nncn1CCNC(=NC)NC1CCN(C(=O)C2CCCC2)C1.I. The Morgan fingerprint density at radius 3 is 2.81 bits per heavy atom. The summed E-state index contributed by atoms with van der Waals surface area (Å²) in [5.74, 6) is 2.40. The first-order chi connectivity index (χ1) is 12.7. The molecule has 9 heteroatoms. The molecule has 0 radical (unpaired) electrons. The summed E-state index contributed by atoms with van der Waals surface area (Å²) < 4.78 is 2.05. The monoisotopic (exact) mass is 489 g/mol. The van der Waals surface area contributed by atoms with E-state index in [2.05, 4.69) is 37.3 Å². The van der Waals surface area contributed by atoms with Crippen molar-refractivity contribution in [1.82, 2.24) is 30.3 Å². The van der Waals surface area contributed by atoms with Crippen molar-refractivity contribution >= 4 is 35.8 Å². The average molecular weight is 489 g/mol. The Kier molecular flexibility index (Phi) is 8.78. The van der Waals surface area contributed by atoms with Crippen LogP contribution in [-0.2, 0) is 17.8 Å². The molecular weight excluding hydrogens is 457 g/mol. The standard InChI is InChI=1S/C18H31N7O.HI/c1-3-16-23-21-13-25(16)11-9-20-18(19-2)22-15-8-10-24(12-15)17(26)14-6-4-5-7-14;/h13-15H,3-12H2,1-2H3,(H2,19,20,22);1H. The quantitative estimate of drug-likeness (QED) is 0.359. The lowest BCUT2D eigenvalue weighted by atomic mass is 10.1. The second kappa shape index (κ2) is 10.8. The second-order valence-electron chi connectivity index (χ2n) is 7.19. The highest BCUT2D eigenvalue weighted by atomic mass is 127. The number of carbonyl (C=O) groups excluding carboxylic acids is 1. The van der Waals surface area contributed by atoms with E-state index in [1.54, 1.807) is 13.4 Å². The van der Waals surface area contributed by atoms with Crippen LogP contribution in [-0.4, -0.2) is 64.3 Å². The van der Waals surface area contributed by atoms with Crippen LogP contribution in [0.2, 0.25) is 0 Å². The molecular formula is C18H32IN7O. The van der Waals surface area contributed by atoms with E-state index in [4.69, 9.17) is 0 Å². The summed E-state index contributed by atoms with van der Waals surface area (Å²) in [5, 5.41) is 14.8. The number of nitrogens with zero attached hydrogens (tertiary/aromatic N) is 5. The van der Waals surface area contributed by atoms with E-state index in [1.807, 2.05) is 4.90 Å². The Morgan fingerprint density at radius 1 is 1.33 bits per heavy atom. The van der Waals surface area contributed by atoms with E-state index in [0.29, 0.717) is 5.91 Å². The highest BCUT2D eigenvalue weighted by Gasteiger charge is 2.32. The molecule has 0 aromatic carbocycles. The summed E-state index contributed by atoms with van der Waals surface area (Å²) in [6.45, 7) is 5.26. The second-order valence-corrected chi connectivity index (χ2v) is 7.19. The maximum atomic E-state index is 12.5. The van der Waals surface area contributed by atoms with Crippen molar-refractivity contribution in [2.45, 2.75) is 58.0 Å². The molecule has 2 heterocycles. The van der Waals surface area contributed by atoms with Gasteiger partial charge in [-0.3, -0.25) is 9.79 Å². The van der Waals surface area contributed by atoms with Crippen LogP contribution < -0.4 is 10.6 Å². The maximum absolute atomic E-state index is 12.5. The first-order valence-corrected chi connectivity index (χ1v) is 9.84. The molecule has 1 aliphatic carbocycles. The first kappa shape index (κ1) is 21.9. The number of guanidine groups is 1. The van der Waals surface area contributed by atoms with Crippen LogP contribution in [0.4, 0.5) is 0 Å². The predicted molar refractivity (Wildman–Crippen MR) is 116 cm³/mol. The fourth-order valence-electron chi connectivity index (χ4n) is 3.93. The van der Waals surface area contributed by atoms with Crippen molar-refractivity contribution < 1.29 is 4.79 Å². The zero-order valence-corrected chi connectivity index (χ0v) is 18.7. The molecule has 1 atom stereocenters. The summed E-state index contributed by atoms with van der Waals surface area (Å²) >= 11 is 0. The van der Waals surface area contributed by atoms with Gasteiger partial charge in [0.2, 0.25) is 5.91 Å². The van der Waals surface area contributed by atoms with Gasteiger partial charge in [-0.2, -0.15) is 0 Å². The molecule has 0 spiro atoms. The minimum atomic E-state index is 0. The Bertz CT molecular complexity index is 627.